The molecule has 8 nitrogen and oxygen atoms in total. The molecule has 2 aromatic carbocycles. The van der Waals surface area contributed by atoms with Gasteiger partial charge in [0.1, 0.15) is 11.6 Å². The van der Waals surface area contributed by atoms with Gasteiger partial charge in [0, 0.05) is 5.39 Å². The number of aromatic nitrogens is 2. The van der Waals surface area contributed by atoms with E-state index in [1.807, 2.05) is 36.4 Å². The summed E-state index contributed by atoms with van der Waals surface area (Å²) in [6.07, 6.45) is 3.14. The average molecular weight is 339 g/mol. The van der Waals surface area contributed by atoms with Gasteiger partial charge in [-0.3, -0.25) is 14.9 Å². The molecule has 0 atom stereocenters. The van der Waals surface area contributed by atoms with E-state index >= 15 is 0 Å². The highest BCUT2D eigenvalue weighted by Gasteiger charge is 2.21. The molecule has 1 heterocycles. The second-order valence-corrected chi connectivity index (χ2v) is 5.12. The van der Waals surface area contributed by atoms with Gasteiger partial charge in [-0.25, -0.2) is 0 Å². The van der Waals surface area contributed by atoms with Crippen molar-refractivity contribution < 1.29 is 14.8 Å². The van der Waals surface area contributed by atoms with E-state index in [0.717, 1.165) is 22.1 Å². The van der Waals surface area contributed by atoms with Crippen LogP contribution in [0.1, 0.15) is 11.4 Å². The first-order chi connectivity index (χ1) is 12.0. The molecule has 8 heteroatoms. The largest absolute Gasteiger partial charge is 0.496 e. The van der Waals surface area contributed by atoms with Crippen molar-refractivity contribution in [3.63, 3.8) is 0 Å². The number of nitro groups is 1. The lowest BCUT2D eigenvalue weighted by Crippen LogP contribution is -2.14. The minimum Gasteiger partial charge on any atom is -0.496 e. The number of aromatic amines is 1. The molecule has 126 valence electrons. The molecule has 3 aromatic rings. The van der Waals surface area contributed by atoms with Gasteiger partial charge in [0.05, 0.1) is 12.0 Å². The third-order valence-corrected chi connectivity index (χ3v) is 3.64. The maximum absolute atomic E-state index is 11.7. The van der Waals surface area contributed by atoms with Crippen molar-refractivity contribution in [1.82, 2.24) is 9.97 Å². The Morgan fingerprint density at radius 3 is 2.56 bits per heavy atom. The molecule has 2 N–H and O–H groups in total. The van der Waals surface area contributed by atoms with Crippen LogP contribution in [0.5, 0.6) is 11.6 Å². The molecule has 25 heavy (non-hydrogen) atoms. The summed E-state index contributed by atoms with van der Waals surface area (Å²) in [7, 11) is 1.59. The summed E-state index contributed by atoms with van der Waals surface area (Å²) in [6.45, 7) is 0. The van der Waals surface area contributed by atoms with Crippen molar-refractivity contribution in [2.45, 2.75) is 0 Å². The van der Waals surface area contributed by atoms with Gasteiger partial charge in [0.25, 0.3) is 5.88 Å². The highest BCUT2D eigenvalue weighted by atomic mass is 16.6. The molecule has 0 bridgehead atoms. The van der Waals surface area contributed by atoms with Gasteiger partial charge in [-0.1, -0.05) is 36.4 Å². The molecule has 0 saturated heterocycles. The molecule has 3 rings (SSSR count). The van der Waals surface area contributed by atoms with Gasteiger partial charge in [-0.15, -0.1) is 0 Å². The van der Waals surface area contributed by atoms with E-state index in [9.17, 15) is 20.0 Å². The van der Waals surface area contributed by atoms with Gasteiger partial charge >= 0.3 is 11.2 Å². The Hall–Kier alpha value is -3.68. The molecule has 0 aliphatic carbocycles. The number of hydrogen-bond donors (Lipinski definition) is 2. The molecular formula is C17H13N3O5. The van der Waals surface area contributed by atoms with Crippen LogP contribution in [0.3, 0.4) is 0 Å². The van der Waals surface area contributed by atoms with E-state index < -0.39 is 22.0 Å². The van der Waals surface area contributed by atoms with Crippen molar-refractivity contribution in [2.75, 3.05) is 7.11 Å². The lowest BCUT2D eigenvalue weighted by atomic mass is 10.0. The molecule has 0 aliphatic rings. The number of H-pyrrole nitrogens is 1. The van der Waals surface area contributed by atoms with Gasteiger partial charge in [0.2, 0.25) is 0 Å². The van der Waals surface area contributed by atoms with Crippen LogP contribution in [-0.2, 0) is 0 Å². The van der Waals surface area contributed by atoms with E-state index in [1.54, 1.807) is 13.2 Å². The van der Waals surface area contributed by atoms with Crippen molar-refractivity contribution in [3.8, 4) is 11.6 Å². The fourth-order valence-corrected chi connectivity index (χ4v) is 2.50. The summed E-state index contributed by atoms with van der Waals surface area (Å²) in [5.74, 6) is -0.187. The predicted octanol–water partition coefficient (Wildman–Crippen LogP) is 2.72. The summed E-state index contributed by atoms with van der Waals surface area (Å²) in [4.78, 5) is 27.3. The third kappa shape index (κ3) is 3.05. The van der Waals surface area contributed by atoms with E-state index in [0.29, 0.717) is 0 Å². The minimum atomic E-state index is -1.02. The lowest BCUT2D eigenvalue weighted by molar-refractivity contribution is -0.387. The number of ether oxygens (including phenoxy) is 1. The molecule has 0 saturated carbocycles. The summed E-state index contributed by atoms with van der Waals surface area (Å²) in [5, 5.41) is 22.1. The Morgan fingerprint density at radius 2 is 1.92 bits per heavy atom. The van der Waals surface area contributed by atoms with Gasteiger partial charge in [0.15, 0.2) is 0 Å². The first-order valence-electron chi connectivity index (χ1n) is 7.22. The molecule has 0 unspecified atom stereocenters. The molecule has 0 spiro atoms. The molecule has 0 amide bonds. The quantitative estimate of drug-likeness (QED) is 0.557. The van der Waals surface area contributed by atoms with Gasteiger partial charge in [-0.2, -0.15) is 4.98 Å². The average Bonchev–Trinajstić information content (AvgIpc) is 2.58. The standard InChI is InChI=1S/C17H13N3O5/c1-25-13-8-6-10(11-4-2-3-5-12(11)13)7-9-14-18-16(21)15(20(23)24)17(22)19-14/h2-9H,1H3,(H2,18,19,21,22)/b9-7-. The van der Waals surface area contributed by atoms with Crippen molar-refractivity contribution in [2.24, 2.45) is 0 Å². The second kappa shape index (κ2) is 6.44. The maximum atomic E-state index is 11.7. The number of aromatic hydroxyl groups is 1. The van der Waals surface area contributed by atoms with Crippen LogP contribution in [0.2, 0.25) is 0 Å². The second-order valence-electron chi connectivity index (χ2n) is 5.12. The topological polar surface area (TPSA) is 118 Å². The zero-order valence-electron chi connectivity index (χ0n) is 13.1. The zero-order valence-corrected chi connectivity index (χ0v) is 13.1. The number of hydrogen-bond acceptors (Lipinski definition) is 6. The number of nitrogens with zero attached hydrogens (tertiary/aromatic N) is 2. The summed E-state index contributed by atoms with van der Waals surface area (Å²) in [5.41, 5.74) is -1.17. The Morgan fingerprint density at radius 1 is 1.20 bits per heavy atom. The van der Waals surface area contributed by atoms with Crippen molar-refractivity contribution >= 4 is 28.6 Å². The predicted molar refractivity (Wildman–Crippen MR) is 92.6 cm³/mol. The Bertz CT molecular complexity index is 1060. The van der Waals surface area contributed by atoms with Crippen LogP contribution in [0, 0.1) is 10.1 Å². The smallest absolute Gasteiger partial charge is 0.395 e. The number of benzene rings is 2. The molecular weight excluding hydrogens is 326 g/mol. The number of methoxy groups -OCH3 is 1. The molecule has 1 aromatic heterocycles. The van der Waals surface area contributed by atoms with E-state index in [1.165, 1.54) is 6.08 Å². The van der Waals surface area contributed by atoms with Crippen molar-refractivity contribution in [1.29, 1.82) is 0 Å². The van der Waals surface area contributed by atoms with E-state index in [2.05, 4.69) is 9.97 Å². The van der Waals surface area contributed by atoms with Crippen molar-refractivity contribution in [3.05, 3.63) is 68.3 Å². The SMILES string of the molecule is COc1ccc(/C=C\c2nc(O)c([N+](=O)[O-])c(=O)[nH]2)c2ccccc12. The highest BCUT2D eigenvalue weighted by Crippen LogP contribution is 2.29. The fraction of sp³-hybridized carbons (Fsp3) is 0.0588. The highest BCUT2D eigenvalue weighted by molar-refractivity contribution is 5.96. The van der Waals surface area contributed by atoms with Crippen LogP contribution in [0.25, 0.3) is 22.9 Å². The van der Waals surface area contributed by atoms with Gasteiger partial charge < -0.3 is 14.8 Å². The Labute approximate surface area is 141 Å². The minimum absolute atomic E-state index is 0.00741. The normalized spacial score (nSPS) is 11.1. The maximum Gasteiger partial charge on any atom is 0.395 e. The van der Waals surface area contributed by atoms with Crippen LogP contribution < -0.4 is 10.3 Å². The van der Waals surface area contributed by atoms with Crippen LogP contribution in [-0.4, -0.2) is 27.1 Å². The summed E-state index contributed by atoms with van der Waals surface area (Å²) in [6, 6.07) is 11.3. The first-order valence-corrected chi connectivity index (χ1v) is 7.22. The van der Waals surface area contributed by atoms with E-state index in [4.69, 9.17) is 4.74 Å². The summed E-state index contributed by atoms with van der Waals surface area (Å²) < 4.78 is 5.33. The number of nitrogens with one attached hydrogen (secondary N) is 1. The zero-order chi connectivity index (χ0) is 18.0. The fourth-order valence-electron chi connectivity index (χ4n) is 2.50. The Balaban J connectivity index is 2.05. The number of rotatable bonds is 4. The van der Waals surface area contributed by atoms with Crippen LogP contribution in [0.4, 0.5) is 5.69 Å². The Kier molecular flexibility index (Phi) is 4.17. The lowest BCUT2D eigenvalue weighted by Gasteiger charge is -2.07. The van der Waals surface area contributed by atoms with E-state index in [-0.39, 0.29) is 5.82 Å². The van der Waals surface area contributed by atoms with Crippen LogP contribution >= 0.6 is 0 Å². The number of fused-ring (bicyclic) bond motifs is 1. The molecule has 0 aliphatic heterocycles. The van der Waals surface area contributed by atoms with Gasteiger partial charge in [-0.05, 0) is 23.1 Å². The monoisotopic (exact) mass is 339 g/mol. The van der Waals surface area contributed by atoms with Crippen LogP contribution in [0.15, 0.2) is 41.2 Å². The molecule has 0 fully saturated rings. The third-order valence-electron chi connectivity index (χ3n) is 3.64. The summed E-state index contributed by atoms with van der Waals surface area (Å²) >= 11 is 0. The first kappa shape index (κ1) is 16.2. The molecule has 0 radical (unpaired) electrons.